The molecule has 4 nitrogen and oxygen atoms in total. The quantitative estimate of drug-likeness (QED) is 0.0682. The summed E-state index contributed by atoms with van der Waals surface area (Å²) >= 11 is 8.35. The van der Waals surface area contributed by atoms with Crippen molar-refractivity contribution in [3.8, 4) is 0 Å². The normalized spacial score (nSPS) is 12.2. The van der Waals surface area contributed by atoms with Gasteiger partial charge in [0, 0.05) is 45.3 Å². The maximum Gasteiger partial charge on any atom is 0.233 e. The minimum absolute atomic E-state index is 0.0896. The molecule has 1 amide bonds. The van der Waals surface area contributed by atoms with E-state index in [1.807, 2.05) is 23.5 Å². The lowest BCUT2D eigenvalue weighted by Crippen LogP contribution is -2.29. The SMILES string of the molecule is NNC(=O)CCCCCSC(SCCCS)=C1c2ccccc2N(Cc2ccccc2)c2ccccc21. The first-order valence-corrected chi connectivity index (χ1v) is 15.4. The van der Waals surface area contributed by atoms with Crippen LogP contribution in [0.25, 0.3) is 5.57 Å². The Bertz CT molecular complexity index is 1150. The topological polar surface area (TPSA) is 58.4 Å². The summed E-state index contributed by atoms with van der Waals surface area (Å²) in [6.07, 6.45) is 4.51. The Morgan fingerprint density at radius 1 is 0.784 bits per heavy atom. The van der Waals surface area contributed by atoms with Gasteiger partial charge in [0.2, 0.25) is 5.91 Å². The summed E-state index contributed by atoms with van der Waals surface area (Å²) < 4.78 is 1.38. The van der Waals surface area contributed by atoms with Gasteiger partial charge in [-0.25, -0.2) is 5.84 Å². The van der Waals surface area contributed by atoms with Crippen molar-refractivity contribution in [2.24, 2.45) is 5.84 Å². The summed E-state index contributed by atoms with van der Waals surface area (Å²) in [6.45, 7) is 0.827. The number of thioether (sulfide) groups is 2. The molecule has 1 heterocycles. The number of rotatable bonds is 13. The molecule has 0 unspecified atom stereocenters. The van der Waals surface area contributed by atoms with Crippen molar-refractivity contribution in [1.82, 2.24) is 5.43 Å². The molecule has 37 heavy (non-hydrogen) atoms. The highest BCUT2D eigenvalue weighted by molar-refractivity contribution is 8.22. The third-order valence-corrected chi connectivity index (χ3v) is 9.24. The summed E-state index contributed by atoms with van der Waals surface area (Å²) in [5.41, 5.74) is 9.93. The third-order valence-electron chi connectivity index (χ3n) is 6.29. The zero-order valence-corrected chi connectivity index (χ0v) is 23.6. The van der Waals surface area contributed by atoms with Gasteiger partial charge in [0.25, 0.3) is 0 Å². The van der Waals surface area contributed by atoms with E-state index in [0.29, 0.717) is 6.42 Å². The zero-order chi connectivity index (χ0) is 25.9. The van der Waals surface area contributed by atoms with Gasteiger partial charge in [0.15, 0.2) is 0 Å². The molecular weight excluding hydrogens is 515 g/mol. The molecule has 7 heteroatoms. The Kier molecular flexibility index (Phi) is 10.9. The molecule has 0 spiro atoms. The number of hydrazine groups is 1. The van der Waals surface area contributed by atoms with Crippen LogP contribution in [0.5, 0.6) is 0 Å². The second kappa shape index (κ2) is 14.6. The smallest absolute Gasteiger partial charge is 0.233 e. The molecule has 0 saturated carbocycles. The maximum atomic E-state index is 11.4. The van der Waals surface area contributed by atoms with Crippen LogP contribution in [-0.2, 0) is 11.3 Å². The highest BCUT2D eigenvalue weighted by Crippen LogP contribution is 2.50. The molecule has 0 bridgehead atoms. The molecule has 194 valence electrons. The van der Waals surface area contributed by atoms with Gasteiger partial charge in [0.05, 0.1) is 0 Å². The number of hydrogen-bond donors (Lipinski definition) is 3. The molecule has 1 aliphatic rings. The molecule has 0 radical (unpaired) electrons. The van der Waals surface area contributed by atoms with Gasteiger partial charge in [-0.1, -0.05) is 73.2 Å². The van der Waals surface area contributed by atoms with E-state index in [0.717, 1.165) is 49.5 Å². The Balaban J connectivity index is 1.66. The lowest BCUT2D eigenvalue weighted by molar-refractivity contribution is -0.121. The molecule has 4 rings (SSSR count). The fourth-order valence-electron chi connectivity index (χ4n) is 4.49. The third kappa shape index (κ3) is 7.38. The fraction of sp³-hybridized carbons (Fsp3) is 0.300. The van der Waals surface area contributed by atoms with E-state index in [9.17, 15) is 4.79 Å². The minimum atomic E-state index is -0.0896. The first-order valence-electron chi connectivity index (χ1n) is 12.8. The Morgan fingerprint density at radius 3 is 2.00 bits per heavy atom. The molecule has 0 aliphatic carbocycles. The van der Waals surface area contributed by atoms with Crippen LogP contribution in [0.3, 0.4) is 0 Å². The average Bonchev–Trinajstić information content (AvgIpc) is 2.94. The van der Waals surface area contributed by atoms with Crippen LogP contribution >= 0.6 is 36.2 Å². The van der Waals surface area contributed by atoms with Crippen LogP contribution in [0.15, 0.2) is 83.1 Å². The summed E-state index contributed by atoms with van der Waals surface area (Å²) in [5, 5.41) is 0. The second-order valence-electron chi connectivity index (χ2n) is 8.92. The van der Waals surface area contributed by atoms with Crippen molar-refractivity contribution in [1.29, 1.82) is 0 Å². The molecular formula is C30H35N3OS3. The number of para-hydroxylation sites is 2. The van der Waals surface area contributed by atoms with Crippen molar-refractivity contribution in [2.75, 3.05) is 22.2 Å². The molecule has 0 saturated heterocycles. The number of amides is 1. The van der Waals surface area contributed by atoms with E-state index in [1.54, 1.807) is 0 Å². The van der Waals surface area contributed by atoms with Crippen molar-refractivity contribution in [3.05, 3.63) is 99.8 Å². The van der Waals surface area contributed by atoms with Gasteiger partial charge < -0.3 is 4.90 Å². The summed E-state index contributed by atoms with van der Waals surface area (Å²) in [5.74, 6) is 8.07. The van der Waals surface area contributed by atoms with E-state index in [4.69, 9.17) is 5.84 Å². The van der Waals surface area contributed by atoms with E-state index in [-0.39, 0.29) is 5.91 Å². The number of hydrogen-bond acceptors (Lipinski definition) is 6. The second-order valence-corrected chi connectivity index (χ2v) is 11.8. The Morgan fingerprint density at radius 2 is 1.38 bits per heavy atom. The van der Waals surface area contributed by atoms with Gasteiger partial charge in [-0.3, -0.25) is 10.2 Å². The number of benzene rings is 3. The number of nitrogens with two attached hydrogens (primary N) is 1. The molecule has 0 aromatic heterocycles. The fourth-order valence-corrected chi connectivity index (χ4v) is 7.43. The van der Waals surface area contributed by atoms with Crippen LogP contribution in [0, 0.1) is 0 Å². The molecule has 3 aromatic carbocycles. The molecule has 0 fully saturated rings. The van der Waals surface area contributed by atoms with Crippen LogP contribution in [-0.4, -0.2) is 23.2 Å². The summed E-state index contributed by atoms with van der Waals surface area (Å²) in [7, 11) is 0. The predicted molar refractivity (Wildman–Crippen MR) is 165 cm³/mol. The lowest BCUT2D eigenvalue weighted by atomic mass is 9.91. The largest absolute Gasteiger partial charge is 0.336 e. The van der Waals surface area contributed by atoms with Crippen molar-refractivity contribution < 1.29 is 4.79 Å². The van der Waals surface area contributed by atoms with Crippen molar-refractivity contribution in [2.45, 2.75) is 38.6 Å². The van der Waals surface area contributed by atoms with Crippen molar-refractivity contribution in [3.63, 3.8) is 0 Å². The number of nitrogens with zero attached hydrogens (tertiary/aromatic N) is 1. The molecule has 3 aromatic rings. The van der Waals surface area contributed by atoms with Crippen LogP contribution in [0.2, 0.25) is 0 Å². The van der Waals surface area contributed by atoms with E-state index in [2.05, 4.69) is 102 Å². The average molecular weight is 550 g/mol. The van der Waals surface area contributed by atoms with Gasteiger partial charge in [-0.15, -0.1) is 23.5 Å². The summed E-state index contributed by atoms with van der Waals surface area (Å²) in [6, 6.07) is 28.3. The first-order chi connectivity index (χ1) is 18.2. The van der Waals surface area contributed by atoms with Crippen molar-refractivity contribution >= 4 is 59.0 Å². The Hall–Kier alpha value is -2.32. The number of nitrogens with one attached hydrogen (secondary N) is 1. The van der Waals surface area contributed by atoms with Gasteiger partial charge in [0.1, 0.15) is 0 Å². The number of fused-ring (bicyclic) bond motifs is 2. The lowest BCUT2D eigenvalue weighted by Gasteiger charge is -2.35. The molecule has 3 N–H and O–H groups in total. The van der Waals surface area contributed by atoms with E-state index >= 15 is 0 Å². The van der Waals surface area contributed by atoms with E-state index in [1.165, 1.54) is 37.9 Å². The van der Waals surface area contributed by atoms with Crippen LogP contribution < -0.4 is 16.2 Å². The predicted octanol–water partition coefficient (Wildman–Crippen LogP) is 7.39. The maximum absolute atomic E-state index is 11.4. The monoisotopic (exact) mass is 549 g/mol. The zero-order valence-electron chi connectivity index (χ0n) is 21.1. The number of carbonyl (C=O) groups is 1. The van der Waals surface area contributed by atoms with Gasteiger partial charge >= 0.3 is 0 Å². The van der Waals surface area contributed by atoms with E-state index < -0.39 is 0 Å². The summed E-state index contributed by atoms with van der Waals surface area (Å²) in [4.78, 5) is 13.9. The highest BCUT2D eigenvalue weighted by atomic mass is 32.2. The number of thiol groups is 1. The minimum Gasteiger partial charge on any atom is -0.336 e. The van der Waals surface area contributed by atoms with Crippen LogP contribution in [0.4, 0.5) is 11.4 Å². The number of anilines is 2. The highest BCUT2D eigenvalue weighted by Gasteiger charge is 2.28. The molecule has 0 atom stereocenters. The number of unbranched alkanes of at least 4 members (excludes halogenated alkanes) is 2. The number of carbonyl (C=O) groups excluding carboxylic acids is 1. The van der Waals surface area contributed by atoms with Gasteiger partial charge in [-0.05, 0) is 54.2 Å². The standard InChI is InChI=1S/C30H35N3OS3/c31-32-28(34)18-5-2-10-20-36-30(37-21-11-19-35)29-24-14-6-8-16-26(24)33(22-23-12-3-1-4-13-23)27-17-9-7-15-25(27)29/h1,3-4,6-9,12-17,35H,2,5,10-11,18-22,31H2,(H,32,34). The van der Waals surface area contributed by atoms with Gasteiger partial charge in [-0.2, -0.15) is 12.6 Å². The Labute approximate surface area is 234 Å². The van der Waals surface area contributed by atoms with Crippen LogP contribution in [0.1, 0.15) is 48.8 Å². The first kappa shape index (κ1) is 27.7. The molecule has 1 aliphatic heterocycles.